The van der Waals surface area contributed by atoms with Crippen molar-refractivity contribution in [2.75, 3.05) is 5.32 Å². The predicted molar refractivity (Wildman–Crippen MR) is 81.3 cm³/mol. The molecule has 0 spiro atoms. The summed E-state index contributed by atoms with van der Waals surface area (Å²) in [4.78, 5) is 17.7. The van der Waals surface area contributed by atoms with E-state index in [-0.39, 0.29) is 10.6 Å². The normalized spacial score (nSPS) is 10.7. The first-order valence-corrected chi connectivity index (χ1v) is 6.55. The van der Waals surface area contributed by atoms with Gasteiger partial charge in [0.15, 0.2) is 0 Å². The molecular formula is C15H14N4O2. The summed E-state index contributed by atoms with van der Waals surface area (Å²) >= 11 is 0. The van der Waals surface area contributed by atoms with Crippen molar-refractivity contribution in [3.05, 3.63) is 64.0 Å². The van der Waals surface area contributed by atoms with Crippen LogP contribution in [-0.4, -0.2) is 14.9 Å². The number of rotatable bonds is 4. The number of nitro benzene ring substituents is 1. The molecule has 0 aliphatic rings. The Kier molecular flexibility index (Phi) is 3.27. The van der Waals surface area contributed by atoms with Crippen molar-refractivity contribution in [3.8, 4) is 0 Å². The van der Waals surface area contributed by atoms with Crippen LogP contribution in [0.15, 0.2) is 42.7 Å². The molecule has 2 aromatic heterocycles. The van der Waals surface area contributed by atoms with E-state index in [0.29, 0.717) is 6.54 Å². The number of aromatic amines is 1. The van der Waals surface area contributed by atoms with Gasteiger partial charge in [0.2, 0.25) is 0 Å². The lowest BCUT2D eigenvalue weighted by atomic mass is 10.1. The molecular weight excluding hydrogens is 268 g/mol. The minimum absolute atomic E-state index is 0.106. The number of hydrogen-bond acceptors (Lipinski definition) is 4. The smallest absolute Gasteiger partial charge is 0.269 e. The summed E-state index contributed by atoms with van der Waals surface area (Å²) in [7, 11) is 0. The predicted octanol–water partition coefficient (Wildman–Crippen LogP) is 3.39. The fourth-order valence-corrected chi connectivity index (χ4v) is 2.31. The van der Waals surface area contributed by atoms with Crippen molar-refractivity contribution in [1.82, 2.24) is 9.97 Å². The van der Waals surface area contributed by atoms with Gasteiger partial charge in [0, 0.05) is 42.1 Å². The fraction of sp³-hybridized carbons (Fsp3) is 0.133. The molecule has 106 valence electrons. The Bertz CT molecular complexity index is 810. The standard InChI is InChI=1S/C15H14N4O2/c1-10-7-12(19(20)21)4-5-14(10)17-8-11-9-18-15-13(11)3-2-6-16-15/h2-7,9,17H,8H2,1H3,(H,16,18). The van der Waals surface area contributed by atoms with Crippen LogP contribution in [0, 0.1) is 17.0 Å². The number of fused-ring (bicyclic) bond motifs is 1. The maximum atomic E-state index is 10.7. The largest absolute Gasteiger partial charge is 0.381 e. The van der Waals surface area contributed by atoms with Gasteiger partial charge in [-0.15, -0.1) is 0 Å². The van der Waals surface area contributed by atoms with Gasteiger partial charge in [-0.2, -0.15) is 0 Å². The number of nitrogens with zero attached hydrogens (tertiary/aromatic N) is 2. The summed E-state index contributed by atoms with van der Waals surface area (Å²) < 4.78 is 0. The van der Waals surface area contributed by atoms with Crippen LogP contribution in [0.1, 0.15) is 11.1 Å². The highest BCUT2D eigenvalue weighted by Crippen LogP contribution is 2.23. The number of H-pyrrole nitrogens is 1. The lowest BCUT2D eigenvalue weighted by Gasteiger charge is -2.08. The highest BCUT2D eigenvalue weighted by atomic mass is 16.6. The van der Waals surface area contributed by atoms with Crippen LogP contribution in [0.5, 0.6) is 0 Å². The molecule has 0 aliphatic heterocycles. The second-order valence-electron chi connectivity index (χ2n) is 4.82. The molecule has 0 bridgehead atoms. The van der Waals surface area contributed by atoms with E-state index in [4.69, 9.17) is 0 Å². The van der Waals surface area contributed by atoms with E-state index in [1.807, 2.05) is 25.3 Å². The minimum atomic E-state index is -0.387. The zero-order valence-electron chi connectivity index (χ0n) is 11.5. The molecule has 0 atom stereocenters. The molecule has 6 nitrogen and oxygen atoms in total. The third kappa shape index (κ3) is 2.55. The number of aromatic nitrogens is 2. The van der Waals surface area contributed by atoms with Crippen molar-refractivity contribution >= 4 is 22.4 Å². The maximum Gasteiger partial charge on any atom is 0.269 e. The van der Waals surface area contributed by atoms with Crippen molar-refractivity contribution < 1.29 is 4.92 Å². The highest BCUT2D eigenvalue weighted by molar-refractivity contribution is 5.79. The van der Waals surface area contributed by atoms with Gasteiger partial charge < -0.3 is 10.3 Å². The third-order valence-electron chi connectivity index (χ3n) is 3.43. The van der Waals surface area contributed by atoms with Crippen molar-refractivity contribution in [2.45, 2.75) is 13.5 Å². The average Bonchev–Trinajstić information content (AvgIpc) is 2.89. The zero-order chi connectivity index (χ0) is 14.8. The molecule has 2 N–H and O–H groups in total. The number of anilines is 1. The Morgan fingerprint density at radius 2 is 2.24 bits per heavy atom. The van der Waals surface area contributed by atoms with E-state index >= 15 is 0 Å². The molecule has 1 aromatic carbocycles. The van der Waals surface area contributed by atoms with Crippen LogP contribution >= 0.6 is 0 Å². The summed E-state index contributed by atoms with van der Waals surface area (Å²) in [5.74, 6) is 0. The van der Waals surface area contributed by atoms with Crippen LogP contribution in [0.2, 0.25) is 0 Å². The maximum absolute atomic E-state index is 10.7. The Balaban J connectivity index is 1.80. The summed E-state index contributed by atoms with van der Waals surface area (Å²) in [6.45, 7) is 2.48. The quantitative estimate of drug-likeness (QED) is 0.567. The van der Waals surface area contributed by atoms with Crippen LogP contribution in [0.4, 0.5) is 11.4 Å². The van der Waals surface area contributed by atoms with Gasteiger partial charge in [-0.05, 0) is 36.2 Å². The Hall–Kier alpha value is -2.89. The van der Waals surface area contributed by atoms with Crippen LogP contribution in [0.25, 0.3) is 11.0 Å². The number of nitrogens with one attached hydrogen (secondary N) is 2. The second kappa shape index (κ2) is 5.24. The fourth-order valence-electron chi connectivity index (χ4n) is 2.31. The average molecular weight is 282 g/mol. The summed E-state index contributed by atoms with van der Waals surface area (Å²) in [5, 5.41) is 15.1. The van der Waals surface area contributed by atoms with E-state index in [1.54, 1.807) is 18.3 Å². The summed E-state index contributed by atoms with van der Waals surface area (Å²) in [5.41, 5.74) is 3.81. The van der Waals surface area contributed by atoms with Gasteiger partial charge in [-0.3, -0.25) is 10.1 Å². The van der Waals surface area contributed by atoms with E-state index in [0.717, 1.165) is 27.8 Å². The van der Waals surface area contributed by atoms with E-state index < -0.39 is 0 Å². The number of non-ortho nitro benzene ring substituents is 1. The van der Waals surface area contributed by atoms with Crippen LogP contribution in [0.3, 0.4) is 0 Å². The first kappa shape index (κ1) is 13.1. The SMILES string of the molecule is Cc1cc([N+](=O)[O-])ccc1NCc1c[nH]c2ncccc12. The number of benzene rings is 1. The number of hydrogen-bond donors (Lipinski definition) is 2. The van der Waals surface area contributed by atoms with Gasteiger partial charge in [0.25, 0.3) is 5.69 Å². The molecule has 0 saturated heterocycles. The molecule has 2 heterocycles. The van der Waals surface area contributed by atoms with Crippen LogP contribution < -0.4 is 5.32 Å². The molecule has 3 aromatic rings. The van der Waals surface area contributed by atoms with Crippen molar-refractivity contribution in [2.24, 2.45) is 0 Å². The van der Waals surface area contributed by atoms with Gasteiger partial charge in [-0.1, -0.05) is 0 Å². The van der Waals surface area contributed by atoms with Crippen molar-refractivity contribution in [3.63, 3.8) is 0 Å². The summed E-state index contributed by atoms with van der Waals surface area (Å²) in [6, 6.07) is 8.72. The van der Waals surface area contributed by atoms with Gasteiger partial charge in [0.1, 0.15) is 5.65 Å². The molecule has 6 heteroatoms. The highest BCUT2D eigenvalue weighted by Gasteiger charge is 2.09. The molecule has 21 heavy (non-hydrogen) atoms. The lowest BCUT2D eigenvalue weighted by Crippen LogP contribution is -2.01. The Morgan fingerprint density at radius 1 is 1.38 bits per heavy atom. The molecule has 3 rings (SSSR count). The Morgan fingerprint density at radius 3 is 3.00 bits per heavy atom. The monoisotopic (exact) mass is 282 g/mol. The van der Waals surface area contributed by atoms with Gasteiger partial charge in [-0.25, -0.2) is 4.98 Å². The minimum Gasteiger partial charge on any atom is -0.381 e. The van der Waals surface area contributed by atoms with Crippen molar-refractivity contribution in [1.29, 1.82) is 0 Å². The zero-order valence-corrected chi connectivity index (χ0v) is 11.5. The molecule has 0 fully saturated rings. The van der Waals surface area contributed by atoms with Gasteiger partial charge >= 0.3 is 0 Å². The Labute approximate surface area is 121 Å². The molecule has 0 radical (unpaired) electrons. The third-order valence-corrected chi connectivity index (χ3v) is 3.43. The molecule has 0 saturated carbocycles. The molecule has 0 amide bonds. The van der Waals surface area contributed by atoms with E-state index in [9.17, 15) is 10.1 Å². The van der Waals surface area contributed by atoms with E-state index in [1.165, 1.54) is 6.07 Å². The molecule has 0 aliphatic carbocycles. The second-order valence-corrected chi connectivity index (χ2v) is 4.82. The lowest BCUT2D eigenvalue weighted by molar-refractivity contribution is -0.384. The van der Waals surface area contributed by atoms with Crippen LogP contribution in [-0.2, 0) is 6.54 Å². The first-order chi connectivity index (χ1) is 10.1. The number of nitro groups is 1. The first-order valence-electron chi connectivity index (χ1n) is 6.55. The van der Waals surface area contributed by atoms with E-state index in [2.05, 4.69) is 15.3 Å². The topological polar surface area (TPSA) is 83.9 Å². The number of pyridine rings is 1. The van der Waals surface area contributed by atoms with Gasteiger partial charge in [0.05, 0.1) is 4.92 Å². The molecule has 0 unspecified atom stereocenters. The summed E-state index contributed by atoms with van der Waals surface area (Å²) in [6.07, 6.45) is 3.67. The number of aryl methyl sites for hydroxylation is 1.